The smallest absolute Gasteiger partial charge is 0.148 e. The zero-order chi connectivity index (χ0) is 15.5. The van der Waals surface area contributed by atoms with Crippen LogP contribution in [0.5, 0.6) is 5.75 Å². The number of nitrogens with one attached hydrogen (secondary N) is 1. The quantitative estimate of drug-likeness (QED) is 0.646. The fraction of sp³-hybridized carbons (Fsp3) is 0.529. The first-order valence-corrected chi connectivity index (χ1v) is 7.24. The molecule has 116 valence electrons. The van der Waals surface area contributed by atoms with Gasteiger partial charge in [-0.2, -0.15) is 0 Å². The van der Waals surface area contributed by atoms with Crippen molar-refractivity contribution in [3.8, 4) is 18.1 Å². The van der Waals surface area contributed by atoms with E-state index in [2.05, 4.69) is 25.1 Å². The third-order valence-electron chi connectivity index (χ3n) is 2.74. The maximum absolute atomic E-state index is 9.81. The Morgan fingerprint density at radius 3 is 2.76 bits per heavy atom. The minimum atomic E-state index is -0.512. The van der Waals surface area contributed by atoms with E-state index in [-0.39, 0.29) is 6.61 Å². The second kappa shape index (κ2) is 10.2. The van der Waals surface area contributed by atoms with Crippen LogP contribution in [0.3, 0.4) is 0 Å². The molecule has 1 atom stereocenters. The Kier molecular flexibility index (Phi) is 8.53. The van der Waals surface area contributed by atoms with Gasteiger partial charge in [0.05, 0.1) is 12.7 Å². The van der Waals surface area contributed by atoms with Crippen molar-refractivity contribution in [3.05, 3.63) is 29.8 Å². The summed E-state index contributed by atoms with van der Waals surface area (Å²) in [6.45, 7) is 6.52. The highest BCUT2D eigenvalue weighted by Crippen LogP contribution is 2.17. The number of para-hydroxylation sites is 1. The van der Waals surface area contributed by atoms with Crippen molar-refractivity contribution in [1.82, 2.24) is 5.32 Å². The van der Waals surface area contributed by atoms with Crippen LogP contribution in [0.1, 0.15) is 19.4 Å². The van der Waals surface area contributed by atoms with Gasteiger partial charge in [-0.05, 0) is 12.0 Å². The first-order chi connectivity index (χ1) is 10.1. The highest BCUT2D eigenvalue weighted by molar-refractivity contribution is 5.33. The number of terminal acetylenes is 1. The molecule has 0 radical (unpaired) electrons. The van der Waals surface area contributed by atoms with Crippen molar-refractivity contribution in [2.45, 2.75) is 26.5 Å². The van der Waals surface area contributed by atoms with Crippen LogP contribution < -0.4 is 10.1 Å². The molecule has 1 rings (SSSR count). The molecule has 0 heterocycles. The molecule has 4 nitrogen and oxygen atoms in total. The van der Waals surface area contributed by atoms with E-state index >= 15 is 0 Å². The van der Waals surface area contributed by atoms with Gasteiger partial charge in [0.2, 0.25) is 0 Å². The van der Waals surface area contributed by atoms with Gasteiger partial charge in [-0.25, -0.2) is 0 Å². The van der Waals surface area contributed by atoms with Crippen molar-refractivity contribution in [3.63, 3.8) is 0 Å². The van der Waals surface area contributed by atoms with Gasteiger partial charge in [-0.15, -0.1) is 6.42 Å². The summed E-state index contributed by atoms with van der Waals surface area (Å²) in [6.07, 6.45) is 4.68. The van der Waals surface area contributed by atoms with Crippen LogP contribution in [0.4, 0.5) is 0 Å². The van der Waals surface area contributed by atoms with Gasteiger partial charge in [0.1, 0.15) is 12.4 Å². The monoisotopic (exact) mass is 291 g/mol. The average Bonchev–Trinajstić information content (AvgIpc) is 2.46. The molecule has 0 aromatic heterocycles. The highest BCUT2D eigenvalue weighted by atomic mass is 16.5. The lowest BCUT2D eigenvalue weighted by atomic mass is 10.2. The fourth-order valence-electron chi connectivity index (χ4n) is 1.78. The van der Waals surface area contributed by atoms with Gasteiger partial charge >= 0.3 is 0 Å². The normalized spacial score (nSPS) is 12.1. The molecule has 1 unspecified atom stereocenters. The van der Waals surface area contributed by atoms with Crippen molar-refractivity contribution < 1.29 is 14.6 Å². The van der Waals surface area contributed by atoms with E-state index in [0.717, 1.165) is 11.3 Å². The Hall–Kier alpha value is -1.54. The molecule has 0 bridgehead atoms. The first-order valence-electron chi connectivity index (χ1n) is 7.24. The molecule has 0 aliphatic heterocycles. The molecule has 2 N–H and O–H groups in total. The summed E-state index contributed by atoms with van der Waals surface area (Å²) < 4.78 is 10.9. The van der Waals surface area contributed by atoms with Crippen molar-refractivity contribution in [2.75, 3.05) is 26.4 Å². The molecule has 0 aliphatic rings. The lowest BCUT2D eigenvalue weighted by molar-refractivity contribution is 0.0260. The highest BCUT2D eigenvalue weighted by Gasteiger charge is 2.06. The van der Waals surface area contributed by atoms with Gasteiger partial charge in [-0.1, -0.05) is 38.0 Å². The van der Waals surface area contributed by atoms with Crippen LogP contribution in [-0.4, -0.2) is 37.6 Å². The maximum Gasteiger partial charge on any atom is 0.148 e. The molecule has 0 spiro atoms. The fourth-order valence-corrected chi connectivity index (χ4v) is 1.78. The van der Waals surface area contributed by atoms with Crippen LogP contribution in [0, 0.1) is 18.3 Å². The van der Waals surface area contributed by atoms with Crippen LogP contribution in [-0.2, 0) is 11.3 Å². The number of aliphatic hydroxyl groups is 1. The summed E-state index contributed by atoms with van der Waals surface area (Å²) in [7, 11) is 0. The number of hydrogen-bond donors (Lipinski definition) is 2. The summed E-state index contributed by atoms with van der Waals surface area (Å²) in [6, 6.07) is 7.71. The van der Waals surface area contributed by atoms with Crippen molar-refractivity contribution >= 4 is 0 Å². The summed E-state index contributed by atoms with van der Waals surface area (Å²) in [5, 5.41) is 13.0. The molecule has 1 aromatic rings. The molecule has 21 heavy (non-hydrogen) atoms. The van der Waals surface area contributed by atoms with Crippen molar-refractivity contribution in [2.24, 2.45) is 5.92 Å². The number of ether oxygens (including phenoxy) is 2. The van der Waals surface area contributed by atoms with E-state index in [9.17, 15) is 5.11 Å². The molecular weight excluding hydrogens is 266 g/mol. The van der Waals surface area contributed by atoms with Gasteiger partial charge in [0.15, 0.2) is 0 Å². The molecule has 1 aromatic carbocycles. The molecule has 4 heteroatoms. The molecule has 0 fully saturated rings. The Balaban J connectivity index is 2.30. The van der Waals surface area contributed by atoms with Crippen LogP contribution in [0.15, 0.2) is 24.3 Å². The maximum atomic E-state index is 9.81. The molecule has 0 amide bonds. The van der Waals surface area contributed by atoms with Gasteiger partial charge in [0.25, 0.3) is 0 Å². The molecule has 0 saturated carbocycles. The number of aliphatic hydroxyl groups excluding tert-OH is 1. The van der Waals surface area contributed by atoms with E-state index in [1.165, 1.54) is 0 Å². The van der Waals surface area contributed by atoms with E-state index in [4.69, 9.17) is 15.9 Å². The number of benzene rings is 1. The Labute approximate surface area is 127 Å². The predicted molar refractivity (Wildman–Crippen MR) is 84.1 cm³/mol. The van der Waals surface area contributed by atoms with Gasteiger partial charge in [0, 0.05) is 25.3 Å². The van der Waals surface area contributed by atoms with Gasteiger partial charge < -0.3 is 19.9 Å². The SMILES string of the molecule is C#CCOc1ccccc1CNCC(O)COCC(C)C. The molecular formula is C17H25NO3. The Morgan fingerprint density at radius 2 is 2.05 bits per heavy atom. The Bertz CT molecular complexity index is 440. The lowest BCUT2D eigenvalue weighted by Gasteiger charge is -2.14. The van der Waals surface area contributed by atoms with E-state index < -0.39 is 6.10 Å². The van der Waals surface area contributed by atoms with Crippen LogP contribution >= 0.6 is 0 Å². The summed E-state index contributed by atoms with van der Waals surface area (Å²) in [5.74, 6) is 3.70. The number of hydrogen-bond acceptors (Lipinski definition) is 4. The number of rotatable bonds is 10. The van der Waals surface area contributed by atoms with E-state index in [1.54, 1.807) is 0 Å². The van der Waals surface area contributed by atoms with Gasteiger partial charge in [-0.3, -0.25) is 0 Å². The minimum absolute atomic E-state index is 0.253. The van der Waals surface area contributed by atoms with E-state index in [1.807, 2.05) is 24.3 Å². The zero-order valence-corrected chi connectivity index (χ0v) is 12.8. The minimum Gasteiger partial charge on any atom is -0.481 e. The standard InChI is InChI=1S/C17H25NO3/c1-4-9-21-17-8-6-5-7-15(17)10-18-11-16(19)13-20-12-14(2)3/h1,5-8,14,16,18-19H,9-13H2,2-3H3. The molecule has 0 aliphatic carbocycles. The summed E-state index contributed by atoms with van der Waals surface area (Å²) in [5.41, 5.74) is 1.02. The Morgan fingerprint density at radius 1 is 1.29 bits per heavy atom. The third-order valence-corrected chi connectivity index (χ3v) is 2.74. The average molecular weight is 291 g/mol. The van der Waals surface area contributed by atoms with Crippen LogP contribution in [0.2, 0.25) is 0 Å². The summed E-state index contributed by atoms with van der Waals surface area (Å²) >= 11 is 0. The second-order valence-corrected chi connectivity index (χ2v) is 5.32. The summed E-state index contributed by atoms with van der Waals surface area (Å²) in [4.78, 5) is 0. The predicted octanol–water partition coefficient (Wildman–Crippen LogP) is 1.82. The van der Waals surface area contributed by atoms with Crippen LogP contribution in [0.25, 0.3) is 0 Å². The lowest BCUT2D eigenvalue weighted by Crippen LogP contribution is -2.30. The zero-order valence-electron chi connectivity index (χ0n) is 12.8. The third kappa shape index (κ3) is 7.72. The second-order valence-electron chi connectivity index (χ2n) is 5.32. The van der Waals surface area contributed by atoms with E-state index in [0.29, 0.717) is 32.2 Å². The molecule has 0 saturated heterocycles. The van der Waals surface area contributed by atoms with Crippen molar-refractivity contribution in [1.29, 1.82) is 0 Å². The first kappa shape index (κ1) is 17.5. The largest absolute Gasteiger partial charge is 0.481 e. The topological polar surface area (TPSA) is 50.7 Å².